The summed E-state index contributed by atoms with van der Waals surface area (Å²) in [6.45, 7) is 0.804. The summed E-state index contributed by atoms with van der Waals surface area (Å²) >= 11 is 0. The Labute approximate surface area is 171 Å². The monoisotopic (exact) mass is 446 g/mol. The fraction of sp³-hybridized carbons (Fsp3) is 0.444. The molecular formula is C18H21F3N4O4S. The van der Waals surface area contributed by atoms with Gasteiger partial charge in [-0.2, -0.15) is 17.5 Å². The summed E-state index contributed by atoms with van der Waals surface area (Å²) < 4.78 is 72.1. The Morgan fingerprint density at radius 2 is 1.83 bits per heavy atom. The lowest BCUT2D eigenvalue weighted by molar-refractivity contribution is -0.141. The largest absolute Gasteiger partial charge is 0.464 e. The molecule has 2 aromatic rings. The van der Waals surface area contributed by atoms with Crippen LogP contribution in [-0.2, 0) is 28.0 Å². The van der Waals surface area contributed by atoms with Crippen molar-refractivity contribution < 1.29 is 31.1 Å². The molecule has 12 heteroatoms. The van der Waals surface area contributed by atoms with Crippen LogP contribution in [0.5, 0.6) is 0 Å². The van der Waals surface area contributed by atoms with Crippen LogP contribution in [0.1, 0.15) is 22.6 Å². The van der Waals surface area contributed by atoms with E-state index in [0.29, 0.717) is 13.0 Å². The van der Waals surface area contributed by atoms with Crippen LogP contribution in [-0.4, -0.2) is 61.5 Å². The Bertz CT molecular complexity index is 1040. The third-order valence-electron chi connectivity index (χ3n) is 4.88. The molecule has 1 aliphatic heterocycles. The van der Waals surface area contributed by atoms with Crippen LogP contribution in [0.4, 0.5) is 19.0 Å². The molecule has 2 aromatic heterocycles. The van der Waals surface area contributed by atoms with Crippen LogP contribution >= 0.6 is 0 Å². The second-order valence-corrected chi connectivity index (χ2v) is 8.62. The first-order valence-electron chi connectivity index (χ1n) is 9.09. The zero-order valence-corrected chi connectivity index (χ0v) is 17.2. The summed E-state index contributed by atoms with van der Waals surface area (Å²) in [5.74, 6) is -0.507. The van der Waals surface area contributed by atoms with Gasteiger partial charge in [0.1, 0.15) is 17.2 Å². The van der Waals surface area contributed by atoms with Gasteiger partial charge in [0.25, 0.3) is 10.0 Å². The number of halogens is 3. The third-order valence-corrected chi connectivity index (χ3v) is 6.86. The molecule has 0 saturated carbocycles. The number of anilines is 1. The van der Waals surface area contributed by atoms with Gasteiger partial charge in [-0.25, -0.2) is 18.2 Å². The van der Waals surface area contributed by atoms with Crippen LogP contribution in [0.15, 0.2) is 35.4 Å². The van der Waals surface area contributed by atoms with E-state index in [-0.39, 0.29) is 36.2 Å². The number of ether oxygens (including phenoxy) is 1. The first kappa shape index (κ1) is 22.1. The van der Waals surface area contributed by atoms with Crippen LogP contribution in [0, 0.1) is 0 Å². The minimum absolute atomic E-state index is 0.0615. The highest BCUT2D eigenvalue weighted by Gasteiger charge is 2.34. The molecule has 1 aliphatic rings. The highest BCUT2D eigenvalue weighted by atomic mass is 32.2. The summed E-state index contributed by atoms with van der Waals surface area (Å²) in [6, 6.07) is 6.35. The maximum Gasteiger partial charge on any atom is 0.433 e. The average molecular weight is 446 g/mol. The van der Waals surface area contributed by atoms with Gasteiger partial charge in [-0.3, -0.25) is 0 Å². The zero-order valence-electron chi connectivity index (χ0n) is 16.4. The standard InChI is InChI=1S/C18H21F3N4O4S/c1-23-13(17(26)29-2)7-8-16(23)30(27,28)25-10-4-9-24(11-12-25)15-6-3-5-14(22-15)18(19,20)21/h3,5-8H,4,9-12H2,1-2H3. The van der Waals surface area contributed by atoms with E-state index in [0.717, 1.165) is 6.07 Å². The van der Waals surface area contributed by atoms with E-state index >= 15 is 0 Å². The molecule has 0 atom stereocenters. The topological polar surface area (TPSA) is 84.7 Å². The van der Waals surface area contributed by atoms with Crippen LogP contribution in [0.2, 0.25) is 0 Å². The lowest BCUT2D eigenvalue weighted by Crippen LogP contribution is -2.36. The van der Waals surface area contributed by atoms with Crippen molar-refractivity contribution in [1.82, 2.24) is 13.9 Å². The van der Waals surface area contributed by atoms with Gasteiger partial charge in [-0.1, -0.05) is 6.07 Å². The summed E-state index contributed by atoms with van der Waals surface area (Å²) in [6.07, 6.45) is -4.15. The molecule has 0 radical (unpaired) electrons. The highest BCUT2D eigenvalue weighted by Crippen LogP contribution is 2.29. The normalized spacial score (nSPS) is 16.4. The smallest absolute Gasteiger partial charge is 0.433 e. The average Bonchev–Trinajstić information content (AvgIpc) is 2.92. The number of sulfonamides is 1. The van der Waals surface area contributed by atoms with Crippen LogP contribution in [0.3, 0.4) is 0 Å². The molecule has 3 rings (SSSR count). The van der Waals surface area contributed by atoms with Gasteiger partial charge in [-0.05, 0) is 30.7 Å². The summed E-state index contributed by atoms with van der Waals surface area (Å²) in [5, 5.41) is -0.0615. The molecule has 0 N–H and O–H groups in total. The van der Waals surface area contributed by atoms with Crippen molar-refractivity contribution >= 4 is 21.8 Å². The number of nitrogens with zero attached hydrogens (tertiary/aromatic N) is 4. The van der Waals surface area contributed by atoms with Crippen molar-refractivity contribution in [2.24, 2.45) is 7.05 Å². The second kappa shape index (κ2) is 8.26. The molecule has 0 bridgehead atoms. The van der Waals surface area contributed by atoms with Gasteiger partial charge in [0.2, 0.25) is 0 Å². The maximum atomic E-state index is 13.1. The predicted molar refractivity (Wildman–Crippen MR) is 102 cm³/mol. The van der Waals surface area contributed by atoms with E-state index in [9.17, 15) is 26.4 Å². The lowest BCUT2D eigenvalue weighted by atomic mass is 10.3. The Kier molecular flexibility index (Phi) is 6.09. The predicted octanol–water partition coefficient (Wildman–Crippen LogP) is 2.13. The second-order valence-electron chi connectivity index (χ2n) is 6.73. The van der Waals surface area contributed by atoms with Crippen molar-refractivity contribution in [2.75, 3.05) is 38.2 Å². The number of pyridine rings is 1. The molecule has 1 fully saturated rings. The van der Waals surface area contributed by atoms with E-state index in [1.165, 1.54) is 47.3 Å². The number of aromatic nitrogens is 2. The molecule has 1 saturated heterocycles. The van der Waals surface area contributed by atoms with Crippen molar-refractivity contribution in [3.8, 4) is 0 Å². The SMILES string of the molecule is COC(=O)c1ccc(S(=O)(=O)N2CCCN(c3cccc(C(F)(F)F)n3)CC2)n1C. The van der Waals surface area contributed by atoms with Gasteiger partial charge in [0.15, 0.2) is 5.03 Å². The molecule has 30 heavy (non-hydrogen) atoms. The van der Waals surface area contributed by atoms with Crippen molar-refractivity contribution in [3.63, 3.8) is 0 Å². The lowest BCUT2D eigenvalue weighted by Gasteiger charge is -2.23. The van der Waals surface area contributed by atoms with E-state index < -0.39 is 27.9 Å². The fourth-order valence-corrected chi connectivity index (χ4v) is 4.95. The van der Waals surface area contributed by atoms with Crippen LogP contribution < -0.4 is 4.90 Å². The van der Waals surface area contributed by atoms with Crippen molar-refractivity contribution in [3.05, 3.63) is 41.7 Å². The Balaban J connectivity index is 1.80. The molecule has 164 valence electrons. The third kappa shape index (κ3) is 4.29. The van der Waals surface area contributed by atoms with Gasteiger partial charge >= 0.3 is 12.1 Å². The van der Waals surface area contributed by atoms with Gasteiger partial charge in [-0.15, -0.1) is 0 Å². The number of hydrogen-bond acceptors (Lipinski definition) is 6. The summed E-state index contributed by atoms with van der Waals surface area (Å²) in [4.78, 5) is 17.1. The molecule has 3 heterocycles. The Morgan fingerprint density at radius 3 is 2.50 bits per heavy atom. The zero-order chi connectivity index (χ0) is 22.1. The van der Waals surface area contributed by atoms with E-state index in [2.05, 4.69) is 9.72 Å². The molecule has 0 spiro atoms. The Morgan fingerprint density at radius 1 is 1.10 bits per heavy atom. The minimum Gasteiger partial charge on any atom is -0.464 e. The fourth-order valence-electron chi connectivity index (χ4n) is 3.31. The Hall–Kier alpha value is -2.60. The number of alkyl halides is 3. The minimum atomic E-state index is -4.55. The summed E-state index contributed by atoms with van der Waals surface area (Å²) in [5.41, 5.74) is -0.895. The van der Waals surface area contributed by atoms with Gasteiger partial charge in [0, 0.05) is 33.2 Å². The molecule has 8 nitrogen and oxygen atoms in total. The van der Waals surface area contributed by atoms with Crippen molar-refractivity contribution in [2.45, 2.75) is 17.6 Å². The highest BCUT2D eigenvalue weighted by molar-refractivity contribution is 7.89. The summed E-state index contributed by atoms with van der Waals surface area (Å²) in [7, 11) is -1.26. The van der Waals surface area contributed by atoms with E-state index in [4.69, 9.17) is 0 Å². The van der Waals surface area contributed by atoms with E-state index in [1.54, 1.807) is 4.90 Å². The maximum absolute atomic E-state index is 13.1. The molecular weight excluding hydrogens is 425 g/mol. The quantitative estimate of drug-likeness (QED) is 0.669. The molecule has 0 amide bonds. The van der Waals surface area contributed by atoms with Crippen LogP contribution in [0.25, 0.3) is 0 Å². The first-order valence-corrected chi connectivity index (χ1v) is 10.5. The van der Waals surface area contributed by atoms with Gasteiger partial charge < -0.3 is 14.2 Å². The number of esters is 1. The van der Waals surface area contributed by atoms with Gasteiger partial charge in [0.05, 0.1) is 7.11 Å². The van der Waals surface area contributed by atoms with Crippen molar-refractivity contribution in [1.29, 1.82) is 0 Å². The molecule has 0 aliphatic carbocycles. The molecule has 0 unspecified atom stereocenters. The number of hydrogen-bond donors (Lipinski definition) is 0. The number of carbonyl (C=O) groups excluding carboxylic acids is 1. The van der Waals surface area contributed by atoms with E-state index in [1.807, 2.05) is 0 Å². The first-order chi connectivity index (χ1) is 14.1. The number of methoxy groups -OCH3 is 1. The number of carbonyl (C=O) groups is 1. The molecule has 0 aromatic carbocycles. The number of rotatable bonds is 4.